The lowest BCUT2D eigenvalue weighted by atomic mass is 9.88. The third kappa shape index (κ3) is 5.95. The second-order valence-corrected chi connectivity index (χ2v) is 8.74. The number of halogens is 1. The van der Waals surface area contributed by atoms with Gasteiger partial charge in [0.2, 0.25) is 0 Å². The highest BCUT2D eigenvalue weighted by atomic mass is 35.5. The number of phenolic OH excluding ortho intramolecular Hbond substituents is 1. The molecule has 180 valence electrons. The van der Waals surface area contributed by atoms with Crippen molar-refractivity contribution in [2.24, 2.45) is 5.10 Å². The van der Waals surface area contributed by atoms with Crippen LogP contribution in [0, 0.1) is 6.92 Å². The van der Waals surface area contributed by atoms with E-state index in [4.69, 9.17) is 16.3 Å². The summed E-state index contributed by atoms with van der Waals surface area (Å²) in [5.74, 6) is 0.307. The number of fused-ring (bicyclic) bond motifs is 1. The van der Waals surface area contributed by atoms with Gasteiger partial charge in [-0.05, 0) is 84.8 Å². The van der Waals surface area contributed by atoms with E-state index >= 15 is 0 Å². The Morgan fingerprint density at radius 1 is 1.24 bits per heavy atom. The van der Waals surface area contributed by atoms with Crippen LogP contribution in [0.2, 0.25) is 5.02 Å². The Morgan fingerprint density at radius 2 is 2.09 bits per heavy atom. The number of aromatic hydroxyl groups is 1. The normalized spacial score (nSPS) is 15.2. The molecule has 3 N–H and O–H groups in total. The summed E-state index contributed by atoms with van der Waals surface area (Å²) < 4.78 is 5.93. The fourth-order valence-corrected chi connectivity index (χ4v) is 4.30. The van der Waals surface area contributed by atoms with E-state index in [-0.39, 0.29) is 13.6 Å². The number of benzene rings is 3. The van der Waals surface area contributed by atoms with Gasteiger partial charge in [-0.1, -0.05) is 35.9 Å². The lowest BCUT2D eigenvalue weighted by molar-refractivity contribution is 0.0955. The Morgan fingerprint density at radius 3 is 2.91 bits per heavy atom. The Bertz CT molecular complexity index is 1210. The molecule has 3 aromatic carbocycles. The molecule has 0 saturated carbocycles. The predicted octanol–water partition coefficient (Wildman–Crippen LogP) is 5.66. The Hall–Kier alpha value is -3.35. The monoisotopic (exact) mass is 481 g/mol. The van der Waals surface area contributed by atoms with Gasteiger partial charge in [0, 0.05) is 21.0 Å². The molecule has 1 aliphatic rings. The molecule has 0 fully saturated rings. The van der Waals surface area contributed by atoms with Gasteiger partial charge in [0.1, 0.15) is 18.1 Å². The predicted molar refractivity (Wildman–Crippen MR) is 139 cm³/mol. The van der Waals surface area contributed by atoms with Crippen LogP contribution in [0.3, 0.4) is 0 Å². The van der Waals surface area contributed by atoms with Crippen molar-refractivity contribution in [1.82, 2.24) is 10.7 Å². The smallest absolute Gasteiger partial charge is 0.271 e. The molecule has 1 unspecified atom stereocenters. The number of hydrogen-bond acceptors (Lipinski definition) is 5. The maximum Gasteiger partial charge on any atom is 0.271 e. The van der Waals surface area contributed by atoms with Gasteiger partial charge in [0.15, 0.2) is 0 Å². The molecule has 0 bridgehead atoms. The van der Waals surface area contributed by atoms with Gasteiger partial charge in [0.25, 0.3) is 5.91 Å². The minimum Gasteiger partial charge on any atom is -0.506 e. The number of rotatable bonds is 8. The SMILES string of the molecule is Cc1cc(OCCNC2CCCc3ccccc32)ccc1/C=N/NC(=O)c1ccc(O)c(Cl)c1.[HH].[HH]. The molecular formula is C27H32ClN3O3. The molecule has 6 nitrogen and oxygen atoms in total. The molecule has 4 rings (SSSR count). The number of nitrogens with zero attached hydrogens (tertiary/aromatic N) is 1. The zero-order chi connectivity index (χ0) is 23.9. The van der Waals surface area contributed by atoms with E-state index in [0.29, 0.717) is 18.2 Å². The van der Waals surface area contributed by atoms with E-state index in [2.05, 4.69) is 40.1 Å². The largest absolute Gasteiger partial charge is 0.506 e. The van der Waals surface area contributed by atoms with Gasteiger partial charge in [-0.15, -0.1) is 0 Å². The average Bonchev–Trinajstić information content (AvgIpc) is 2.84. The first-order chi connectivity index (χ1) is 16.5. The molecule has 1 amide bonds. The summed E-state index contributed by atoms with van der Waals surface area (Å²) in [5, 5.41) is 17.2. The molecule has 0 radical (unpaired) electrons. The van der Waals surface area contributed by atoms with Crippen LogP contribution in [-0.2, 0) is 6.42 Å². The highest BCUT2D eigenvalue weighted by molar-refractivity contribution is 6.32. The van der Waals surface area contributed by atoms with Crippen LogP contribution < -0.4 is 15.5 Å². The molecule has 0 saturated heterocycles. The van der Waals surface area contributed by atoms with Gasteiger partial charge < -0.3 is 15.2 Å². The third-order valence-corrected chi connectivity index (χ3v) is 6.25. The van der Waals surface area contributed by atoms with Crippen molar-refractivity contribution in [3.63, 3.8) is 0 Å². The van der Waals surface area contributed by atoms with Crippen molar-refractivity contribution >= 4 is 23.7 Å². The number of carbonyl (C=O) groups excluding carboxylic acids is 1. The first-order valence-electron chi connectivity index (χ1n) is 11.4. The summed E-state index contributed by atoms with van der Waals surface area (Å²) in [6.45, 7) is 3.32. The summed E-state index contributed by atoms with van der Waals surface area (Å²) in [4.78, 5) is 12.2. The van der Waals surface area contributed by atoms with Gasteiger partial charge in [-0.2, -0.15) is 5.10 Å². The van der Waals surface area contributed by atoms with Crippen LogP contribution in [0.15, 0.2) is 65.8 Å². The summed E-state index contributed by atoms with van der Waals surface area (Å²) >= 11 is 5.84. The van der Waals surface area contributed by atoms with Gasteiger partial charge in [-0.3, -0.25) is 4.79 Å². The standard InChI is InChI=1S/C27H28ClN3O3.2H2/c1-18-15-22(34-14-13-29-25-8-4-6-19-5-2-3-7-23(19)25)11-9-21(18)17-30-31-27(33)20-10-12-26(32)24(28)16-20;;/h2-3,5,7,9-12,15-17,25,29,32H,4,6,8,13-14H2,1H3,(H,31,33);2*1H/b30-17+;;. The Labute approximate surface area is 207 Å². The zero-order valence-corrected chi connectivity index (χ0v) is 19.8. The number of phenols is 1. The van der Waals surface area contributed by atoms with Crippen LogP contribution in [0.1, 0.15) is 54.3 Å². The summed E-state index contributed by atoms with van der Waals surface area (Å²) in [6.07, 6.45) is 5.11. The first kappa shape index (κ1) is 23.8. The molecule has 0 spiro atoms. The molecule has 3 aromatic rings. The highest BCUT2D eigenvalue weighted by Gasteiger charge is 2.18. The maximum atomic E-state index is 12.2. The second kappa shape index (κ2) is 11.2. The van der Waals surface area contributed by atoms with Crippen molar-refractivity contribution in [2.75, 3.05) is 13.2 Å². The van der Waals surface area contributed by atoms with E-state index in [9.17, 15) is 9.90 Å². The van der Waals surface area contributed by atoms with Crippen molar-refractivity contribution < 1.29 is 17.5 Å². The van der Waals surface area contributed by atoms with Crippen molar-refractivity contribution in [3.8, 4) is 11.5 Å². The molecule has 0 aliphatic heterocycles. The second-order valence-electron chi connectivity index (χ2n) is 8.33. The van der Waals surface area contributed by atoms with E-state index in [1.54, 1.807) is 6.21 Å². The number of hydrogen-bond donors (Lipinski definition) is 3. The third-order valence-electron chi connectivity index (χ3n) is 5.95. The van der Waals surface area contributed by atoms with Crippen LogP contribution >= 0.6 is 11.6 Å². The highest BCUT2D eigenvalue weighted by Crippen LogP contribution is 2.29. The molecule has 34 heavy (non-hydrogen) atoms. The van der Waals surface area contributed by atoms with E-state index in [0.717, 1.165) is 36.3 Å². The fraction of sp³-hybridized carbons (Fsp3) is 0.259. The molecule has 1 atom stereocenters. The number of aryl methyl sites for hydroxylation is 2. The summed E-state index contributed by atoms with van der Waals surface area (Å²) in [5.41, 5.74) is 7.49. The lowest BCUT2D eigenvalue weighted by Crippen LogP contribution is -2.28. The van der Waals surface area contributed by atoms with Gasteiger partial charge >= 0.3 is 0 Å². The van der Waals surface area contributed by atoms with Crippen molar-refractivity contribution in [3.05, 3.63) is 93.5 Å². The minimum atomic E-state index is -0.413. The van der Waals surface area contributed by atoms with Crippen LogP contribution in [0.4, 0.5) is 0 Å². The quantitative estimate of drug-likeness (QED) is 0.220. The van der Waals surface area contributed by atoms with Gasteiger partial charge in [-0.25, -0.2) is 5.43 Å². The Balaban J connectivity index is 0.00000228. The van der Waals surface area contributed by atoms with Crippen molar-refractivity contribution in [2.45, 2.75) is 32.2 Å². The Kier molecular flexibility index (Phi) is 7.83. The van der Waals surface area contributed by atoms with Crippen LogP contribution in [0.25, 0.3) is 0 Å². The van der Waals surface area contributed by atoms with E-state index in [1.165, 1.54) is 35.7 Å². The van der Waals surface area contributed by atoms with E-state index < -0.39 is 5.91 Å². The topological polar surface area (TPSA) is 83.0 Å². The number of hydrazone groups is 1. The molecule has 0 aromatic heterocycles. The number of ether oxygens (including phenoxy) is 1. The fourth-order valence-electron chi connectivity index (χ4n) is 4.12. The summed E-state index contributed by atoms with van der Waals surface area (Å²) in [7, 11) is 0. The molecule has 7 heteroatoms. The molecular weight excluding hydrogens is 450 g/mol. The van der Waals surface area contributed by atoms with Gasteiger partial charge in [0.05, 0.1) is 11.2 Å². The van der Waals surface area contributed by atoms with Crippen LogP contribution in [0.5, 0.6) is 11.5 Å². The molecule has 1 aliphatic carbocycles. The van der Waals surface area contributed by atoms with Crippen molar-refractivity contribution in [1.29, 1.82) is 0 Å². The number of carbonyl (C=O) groups is 1. The first-order valence-corrected chi connectivity index (χ1v) is 11.8. The minimum absolute atomic E-state index is 0. The molecule has 0 heterocycles. The zero-order valence-electron chi connectivity index (χ0n) is 19.1. The number of amides is 1. The number of nitrogens with one attached hydrogen (secondary N) is 2. The van der Waals surface area contributed by atoms with E-state index in [1.807, 2.05) is 25.1 Å². The maximum absolute atomic E-state index is 12.2. The van der Waals surface area contributed by atoms with Crippen LogP contribution in [-0.4, -0.2) is 30.4 Å². The summed E-state index contributed by atoms with van der Waals surface area (Å²) in [6, 6.07) is 19.0. The average molecular weight is 482 g/mol. The lowest BCUT2D eigenvalue weighted by Gasteiger charge is -2.26.